The van der Waals surface area contributed by atoms with Crippen molar-refractivity contribution in [2.24, 2.45) is 0 Å². The summed E-state index contributed by atoms with van der Waals surface area (Å²) in [4.78, 5) is 28.8. The third kappa shape index (κ3) is 7.60. The fourth-order valence-corrected chi connectivity index (χ4v) is 5.72. The molecule has 39 heavy (non-hydrogen) atoms. The van der Waals surface area contributed by atoms with Gasteiger partial charge in [0.2, 0.25) is 11.8 Å². The Balaban J connectivity index is 2.04. The standard InChI is InChI=1S/C30H37N3O5S/c1-4-6-21-31-30(35)26(5-2)32(22-24-15-9-7-10-16-24)29(34)23-33(27-19-13-14-20-28(27)38-3)39(36,37)25-17-11-8-12-18-25/h7-20,26H,4-6,21-23H2,1-3H3,(H,31,35). The van der Waals surface area contributed by atoms with E-state index in [1.165, 1.54) is 24.1 Å². The van der Waals surface area contributed by atoms with Crippen LogP contribution in [0.4, 0.5) is 5.69 Å². The molecule has 0 saturated heterocycles. The number of hydrogen-bond donors (Lipinski definition) is 1. The maximum absolute atomic E-state index is 14.0. The van der Waals surface area contributed by atoms with Gasteiger partial charge in [0.15, 0.2) is 0 Å². The number of benzene rings is 3. The van der Waals surface area contributed by atoms with Crippen LogP contribution >= 0.6 is 0 Å². The molecule has 3 aromatic carbocycles. The molecule has 208 valence electrons. The van der Waals surface area contributed by atoms with E-state index in [1.807, 2.05) is 44.2 Å². The number of amides is 2. The van der Waals surface area contributed by atoms with Crippen molar-refractivity contribution < 1.29 is 22.7 Å². The second kappa shape index (κ2) is 14.3. The summed E-state index contributed by atoms with van der Waals surface area (Å²) in [5.41, 5.74) is 1.07. The average Bonchev–Trinajstić information content (AvgIpc) is 2.96. The molecular weight excluding hydrogens is 514 g/mol. The van der Waals surface area contributed by atoms with Crippen LogP contribution in [0.1, 0.15) is 38.7 Å². The molecule has 0 aromatic heterocycles. The molecule has 8 nitrogen and oxygen atoms in total. The van der Waals surface area contributed by atoms with Gasteiger partial charge in [0.1, 0.15) is 18.3 Å². The predicted octanol–water partition coefficient (Wildman–Crippen LogP) is 4.61. The van der Waals surface area contributed by atoms with Gasteiger partial charge in [-0.3, -0.25) is 13.9 Å². The first kappa shape index (κ1) is 29.7. The SMILES string of the molecule is CCCCNC(=O)C(CC)N(Cc1ccccc1)C(=O)CN(c1ccccc1OC)S(=O)(=O)c1ccccc1. The number of carbonyl (C=O) groups excluding carboxylic acids is 2. The van der Waals surface area contributed by atoms with Crippen LogP contribution in [0.3, 0.4) is 0 Å². The maximum Gasteiger partial charge on any atom is 0.264 e. The van der Waals surface area contributed by atoms with Crippen molar-refractivity contribution in [3.8, 4) is 5.75 Å². The molecule has 3 aromatic rings. The molecule has 2 amide bonds. The number of nitrogens with one attached hydrogen (secondary N) is 1. The number of unbranched alkanes of at least 4 members (excludes halogenated alkanes) is 1. The highest BCUT2D eigenvalue weighted by atomic mass is 32.2. The number of anilines is 1. The van der Waals surface area contributed by atoms with Crippen LogP contribution in [-0.2, 0) is 26.2 Å². The highest BCUT2D eigenvalue weighted by Crippen LogP contribution is 2.32. The molecule has 0 saturated carbocycles. The minimum Gasteiger partial charge on any atom is -0.495 e. The summed E-state index contributed by atoms with van der Waals surface area (Å²) >= 11 is 0. The Morgan fingerprint density at radius 3 is 2.13 bits per heavy atom. The van der Waals surface area contributed by atoms with Crippen molar-refractivity contribution in [3.63, 3.8) is 0 Å². The minimum atomic E-state index is -4.15. The van der Waals surface area contributed by atoms with Crippen molar-refractivity contribution in [2.45, 2.75) is 50.6 Å². The third-order valence-corrected chi connectivity index (χ3v) is 8.15. The van der Waals surface area contributed by atoms with E-state index in [4.69, 9.17) is 4.74 Å². The first-order chi connectivity index (χ1) is 18.8. The Kier molecular flexibility index (Phi) is 10.9. The van der Waals surface area contributed by atoms with Crippen LogP contribution in [-0.4, -0.2) is 51.4 Å². The predicted molar refractivity (Wildman–Crippen MR) is 153 cm³/mol. The first-order valence-corrected chi connectivity index (χ1v) is 14.6. The Bertz CT molecular complexity index is 1320. The van der Waals surface area contributed by atoms with Crippen molar-refractivity contribution in [1.29, 1.82) is 0 Å². The largest absolute Gasteiger partial charge is 0.495 e. The van der Waals surface area contributed by atoms with Crippen LogP contribution in [0.15, 0.2) is 89.8 Å². The topological polar surface area (TPSA) is 96.0 Å². The summed E-state index contributed by atoms with van der Waals surface area (Å²) in [6.45, 7) is 4.03. The highest BCUT2D eigenvalue weighted by Gasteiger charge is 2.34. The quantitative estimate of drug-likeness (QED) is 0.295. The lowest BCUT2D eigenvalue weighted by molar-refractivity contribution is -0.140. The van der Waals surface area contributed by atoms with E-state index >= 15 is 0 Å². The van der Waals surface area contributed by atoms with Gasteiger partial charge in [0.05, 0.1) is 17.7 Å². The fourth-order valence-electron chi connectivity index (χ4n) is 4.27. The van der Waals surface area contributed by atoms with E-state index in [1.54, 1.807) is 42.5 Å². The number of para-hydroxylation sites is 2. The van der Waals surface area contributed by atoms with E-state index in [0.29, 0.717) is 18.7 Å². The highest BCUT2D eigenvalue weighted by molar-refractivity contribution is 7.92. The zero-order valence-electron chi connectivity index (χ0n) is 22.7. The van der Waals surface area contributed by atoms with Gasteiger partial charge < -0.3 is 15.0 Å². The molecule has 0 heterocycles. The van der Waals surface area contributed by atoms with Crippen LogP contribution in [0.2, 0.25) is 0 Å². The van der Waals surface area contributed by atoms with Crippen molar-refractivity contribution in [1.82, 2.24) is 10.2 Å². The average molecular weight is 552 g/mol. The molecule has 0 aliphatic rings. The molecule has 1 unspecified atom stereocenters. The maximum atomic E-state index is 14.0. The van der Waals surface area contributed by atoms with E-state index in [9.17, 15) is 18.0 Å². The number of ether oxygens (including phenoxy) is 1. The summed E-state index contributed by atoms with van der Waals surface area (Å²) in [7, 11) is -2.71. The molecule has 0 radical (unpaired) electrons. The molecule has 0 fully saturated rings. The van der Waals surface area contributed by atoms with Gasteiger partial charge in [-0.15, -0.1) is 0 Å². The Morgan fingerprint density at radius 1 is 0.897 bits per heavy atom. The van der Waals surface area contributed by atoms with Gasteiger partial charge in [-0.1, -0.05) is 80.9 Å². The second-order valence-corrected chi connectivity index (χ2v) is 10.9. The normalized spacial score (nSPS) is 11.9. The fraction of sp³-hybridized carbons (Fsp3) is 0.333. The van der Waals surface area contributed by atoms with Gasteiger partial charge in [-0.25, -0.2) is 8.42 Å². The van der Waals surface area contributed by atoms with Gasteiger partial charge in [0, 0.05) is 13.1 Å². The lowest BCUT2D eigenvalue weighted by atomic mass is 10.1. The smallest absolute Gasteiger partial charge is 0.264 e. The molecule has 9 heteroatoms. The molecule has 3 rings (SSSR count). The molecule has 0 aliphatic carbocycles. The molecule has 0 aliphatic heterocycles. The number of methoxy groups -OCH3 is 1. The summed E-state index contributed by atoms with van der Waals surface area (Å²) in [6.07, 6.45) is 2.12. The van der Waals surface area contributed by atoms with E-state index < -0.39 is 28.5 Å². The van der Waals surface area contributed by atoms with Gasteiger partial charge in [-0.05, 0) is 42.7 Å². The van der Waals surface area contributed by atoms with Crippen LogP contribution in [0, 0.1) is 0 Å². The van der Waals surface area contributed by atoms with Gasteiger partial charge in [-0.2, -0.15) is 0 Å². The van der Waals surface area contributed by atoms with E-state index in [2.05, 4.69) is 5.32 Å². The summed E-state index contributed by atoms with van der Waals surface area (Å²) in [5.74, 6) is -0.449. The van der Waals surface area contributed by atoms with Crippen molar-refractivity contribution >= 4 is 27.5 Å². The van der Waals surface area contributed by atoms with Crippen molar-refractivity contribution in [3.05, 3.63) is 90.5 Å². The Hall–Kier alpha value is -3.85. The lowest BCUT2D eigenvalue weighted by Crippen LogP contribution is -2.52. The van der Waals surface area contributed by atoms with Crippen LogP contribution in [0.5, 0.6) is 5.75 Å². The number of nitrogens with zero attached hydrogens (tertiary/aromatic N) is 2. The zero-order valence-corrected chi connectivity index (χ0v) is 23.6. The van der Waals surface area contributed by atoms with E-state index in [0.717, 1.165) is 22.7 Å². The molecule has 0 spiro atoms. The van der Waals surface area contributed by atoms with Crippen molar-refractivity contribution in [2.75, 3.05) is 24.5 Å². The molecule has 1 atom stereocenters. The molecule has 0 bridgehead atoms. The summed E-state index contributed by atoms with van der Waals surface area (Å²) in [5, 5.41) is 2.93. The first-order valence-electron chi connectivity index (χ1n) is 13.1. The number of rotatable bonds is 14. The molecule has 1 N–H and O–H groups in total. The van der Waals surface area contributed by atoms with E-state index in [-0.39, 0.29) is 23.0 Å². The molecular formula is C30H37N3O5S. The van der Waals surface area contributed by atoms with Gasteiger partial charge in [0.25, 0.3) is 10.0 Å². The second-order valence-electron chi connectivity index (χ2n) is 9.07. The summed E-state index contributed by atoms with van der Waals surface area (Å²) < 4.78 is 34.3. The number of carbonyl (C=O) groups is 2. The number of hydrogen-bond acceptors (Lipinski definition) is 5. The van der Waals surface area contributed by atoms with Crippen LogP contribution < -0.4 is 14.4 Å². The Labute approximate surface area is 231 Å². The monoisotopic (exact) mass is 551 g/mol. The third-order valence-electron chi connectivity index (χ3n) is 6.38. The Morgan fingerprint density at radius 2 is 1.51 bits per heavy atom. The lowest BCUT2D eigenvalue weighted by Gasteiger charge is -2.33. The zero-order chi connectivity index (χ0) is 28.3. The number of sulfonamides is 1. The van der Waals surface area contributed by atoms with Crippen LogP contribution in [0.25, 0.3) is 0 Å². The van der Waals surface area contributed by atoms with Gasteiger partial charge >= 0.3 is 0 Å². The summed E-state index contributed by atoms with van der Waals surface area (Å²) in [6, 6.07) is 23.2. The minimum absolute atomic E-state index is 0.0441.